The molecule has 0 saturated heterocycles. The van der Waals surface area contributed by atoms with E-state index in [0.717, 1.165) is 4.88 Å². The molecular weight excluding hydrogens is 292 g/mol. The third-order valence-electron chi connectivity index (χ3n) is 3.13. The number of ether oxygens (including phenoxy) is 1. The van der Waals surface area contributed by atoms with E-state index in [1.807, 2.05) is 17.5 Å². The van der Waals surface area contributed by atoms with Crippen molar-refractivity contribution >= 4 is 34.5 Å². The van der Waals surface area contributed by atoms with Gasteiger partial charge in [0, 0.05) is 16.5 Å². The predicted octanol–water partition coefficient (Wildman–Crippen LogP) is 2.74. The van der Waals surface area contributed by atoms with Crippen LogP contribution in [0.5, 0.6) is 0 Å². The second-order valence-electron chi connectivity index (χ2n) is 4.35. The van der Waals surface area contributed by atoms with Gasteiger partial charge >= 0.3 is 5.97 Å². The highest BCUT2D eigenvalue weighted by molar-refractivity contribution is 7.80. The third-order valence-corrected chi connectivity index (χ3v) is 4.44. The molecule has 6 heteroatoms. The topological polar surface area (TPSA) is 62.1 Å². The molecule has 0 aromatic carbocycles. The first-order valence-electron chi connectivity index (χ1n) is 6.21. The van der Waals surface area contributed by atoms with Crippen molar-refractivity contribution in [2.24, 2.45) is 5.92 Å². The van der Waals surface area contributed by atoms with E-state index >= 15 is 0 Å². The first kappa shape index (κ1) is 14.7. The van der Waals surface area contributed by atoms with Crippen molar-refractivity contribution in [2.45, 2.75) is 19.8 Å². The van der Waals surface area contributed by atoms with Crippen molar-refractivity contribution in [3.63, 3.8) is 0 Å². The summed E-state index contributed by atoms with van der Waals surface area (Å²) >= 11 is 6.75. The van der Waals surface area contributed by atoms with Crippen LogP contribution in [-0.4, -0.2) is 17.6 Å². The van der Waals surface area contributed by atoms with Crippen molar-refractivity contribution in [1.82, 2.24) is 5.32 Å². The van der Waals surface area contributed by atoms with Crippen molar-refractivity contribution in [3.8, 4) is 6.07 Å². The lowest BCUT2D eigenvalue weighted by molar-refractivity contribution is -0.139. The normalized spacial score (nSPS) is 22.1. The van der Waals surface area contributed by atoms with Gasteiger partial charge in [0.15, 0.2) is 0 Å². The summed E-state index contributed by atoms with van der Waals surface area (Å²) in [5, 5.41) is 14.3. The Labute approximate surface area is 127 Å². The summed E-state index contributed by atoms with van der Waals surface area (Å²) in [5.74, 6) is -1.29. The van der Waals surface area contributed by atoms with Gasteiger partial charge in [0.05, 0.1) is 23.2 Å². The summed E-state index contributed by atoms with van der Waals surface area (Å²) < 4.78 is 5.12. The molecule has 0 fully saturated rings. The number of carbonyl (C=O) groups is 1. The molecule has 1 aromatic heterocycles. The Kier molecular flexibility index (Phi) is 4.53. The van der Waals surface area contributed by atoms with E-state index in [9.17, 15) is 10.1 Å². The molecule has 1 aromatic rings. The van der Waals surface area contributed by atoms with Crippen molar-refractivity contribution in [3.05, 3.63) is 33.7 Å². The number of hydrogen-bond acceptors (Lipinski definition) is 5. The predicted molar refractivity (Wildman–Crippen MR) is 81.2 cm³/mol. The molecule has 2 heterocycles. The summed E-state index contributed by atoms with van der Waals surface area (Å²) in [7, 11) is 0. The van der Waals surface area contributed by atoms with Crippen LogP contribution < -0.4 is 5.32 Å². The number of hydrogen-bond donors (Lipinski definition) is 1. The lowest BCUT2D eigenvalue weighted by Gasteiger charge is -2.30. The number of thiocarbonyl (C=S) groups is 1. The van der Waals surface area contributed by atoms with Gasteiger partial charge < -0.3 is 10.1 Å². The van der Waals surface area contributed by atoms with Crippen LogP contribution in [0.4, 0.5) is 0 Å². The number of thiophene rings is 1. The average molecular weight is 306 g/mol. The number of nitriles is 1. The van der Waals surface area contributed by atoms with Gasteiger partial charge in [-0.2, -0.15) is 5.26 Å². The van der Waals surface area contributed by atoms with E-state index in [4.69, 9.17) is 17.0 Å². The van der Waals surface area contributed by atoms with E-state index in [-0.39, 0.29) is 5.92 Å². The van der Waals surface area contributed by atoms with Crippen LogP contribution in [0.2, 0.25) is 0 Å². The van der Waals surface area contributed by atoms with Crippen molar-refractivity contribution < 1.29 is 9.53 Å². The molecule has 4 nitrogen and oxygen atoms in total. The maximum Gasteiger partial charge on any atom is 0.336 e. The molecule has 0 amide bonds. The monoisotopic (exact) mass is 306 g/mol. The average Bonchev–Trinajstić information content (AvgIpc) is 2.91. The molecule has 104 valence electrons. The maximum absolute atomic E-state index is 12.2. The van der Waals surface area contributed by atoms with Gasteiger partial charge in [0.1, 0.15) is 5.92 Å². The Morgan fingerprint density at radius 1 is 1.65 bits per heavy atom. The summed E-state index contributed by atoms with van der Waals surface area (Å²) in [4.78, 5) is 13.6. The van der Waals surface area contributed by atoms with E-state index in [1.54, 1.807) is 13.8 Å². The Morgan fingerprint density at radius 2 is 2.40 bits per heavy atom. The summed E-state index contributed by atoms with van der Waals surface area (Å²) in [6, 6.07) is 6.02. The number of carbonyl (C=O) groups excluding carboxylic acids is 1. The highest BCUT2D eigenvalue weighted by atomic mass is 32.1. The fourth-order valence-electron chi connectivity index (χ4n) is 2.28. The quantitative estimate of drug-likeness (QED) is 0.687. The van der Waals surface area contributed by atoms with E-state index in [2.05, 4.69) is 11.4 Å². The Balaban J connectivity index is 2.53. The fourth-order valence-corrected chi connectivity index (χ4v) is 3.49. The van der Waals surface area contributed by atoms with Gasteiger partial charge in [0.2, 0.25) is 0 Å². The second-order valence-corrected chi connectivity index (χ2v) is 5.77. The highest BCUT2D eigenvalue weighted by Gasteiger charge is 2.39. The standard InChI is InChI=1S/C14H14N2O2S2/c1-3-18-14(17)11-8(2)16-13(19)9(7-15)12(11)10-5-4-6-20-10/h4-6,9,12H,3H2,1-2H3,(H,16,19)/t9-,12-/m0/s1. The SMILES string of the molecule is CCOC(=O)C1=C(C)NC(=S)[C@@H](C#N)[C@H]1c1cccs1. The van der Waals surface area contributed by atoms with Crippen LogP contribution in [0.3, 0.4) is 0 Å². The summed E-state index contributed by atoms with van der Waals surface area (Å²) in [5.41, 5.74) is 1.16. The van der Waals surface area contributed by atoms with Crippen LogP contribution >= 0.6 is 23.6 Å². The van der Waals surface area contributed by atoms with Crippen LogP contribution in [0.1, 0.15) is 24.6 Å². The minimum Gasteiger partial charge on any atom is -0.463 e. The molecule has 20 heavy (non-hydrogen) atoms. The minimum absolute atomic E-state index is 0.300. The second kappa shape index (κ2) is 6.16. The van der Waals surface area contributed by atoms with Crippen LogP contribution in [-0.2, 0) is 9.53 Å². The Morgan fingerprint density at radius 3 is 2.95 bits per heavy atom. The smallest absolute Gasteiger partial charge is 0.336 e. The van der Waals surface area contributed by atoms with E-state index in [0.29, 0.717) is 22.9 Å². The van der Waals surface area contributed by atoms with Crippen LogP contribution in [0, 0.1) is 17.2 Å². The fraction of sp³-hybridized carbons (Fsp3) is 0.357. The zero-order chi connectivity index (χ0) is 14.7. The van der Waals surface area contributed by atoms with Gasteiger partial charge in [-0.25, -0.2) is 4.79 Å². The molecule has 1 aliphatic rings. The van der Waals surface area contributed by atoms with Gasteiger partial charge in [-0.05, 0) is 25.3 Å². The first-order chi connectivity index (χ1) is 9.60. The molecular formula is C14H14N2O2S2. The van der Waals surface area contributed by atoms with Crippen molar-refractivity contribution in [1.29, 1.82) is 5.26 Å². The van der Waals surface area contributed by atoms with Crippen LogP contribution in [0.15, 0.2) is 28.8 Å². The first-order valence-corrected chi connectivity index (χ1v) is 7.50. The van der Waals surface area contributed by atoms with E-state index < -0.39 is 11.9 Å². The molecule has 2 atom stereocenters. The van der Waals surface area contributed by atoms with Crippen LogP contribution in [0.25, 0.3) is 0 Å². The van der Waals surface area contributed by atoms with Gasteiger partial charge in [-0.1, -0.05) is 18.3 Å². The van der Waals surface area contributed by atoms with E-state index in [1.165, 1.54) is 11.3 Å². The molecule has 2 rings (SSSR count). The molecule has 0 unspecified atom stereocenters. The third kappa shape index (κ3) is 2.60. The number of nitrogens with zero attached hydrogens (tertiary/aromatic N) is 1. The molecule has 0 radical (unpaired) electrons. The van der Waals surface area contributed by atoms with Crippen molar-refractivity contribution in [2.75, 3.05) is 6.61 Å². The molecule has 1 aliphatic heterocycles. The molecule has 0 aliphatic carbocycles. The summed E-state index contributed by atoms with van der Waals surface area (Å²) in [6.07, 6.45) is 0. The zero-order valence-corrected chi connectivity index (χ0v) is 12.8. The largest absolute Gasteiger partial charge is 0.463 e. The highest BCUT2D eigenvalue weighted by Crippen LogP contribution is 2.39. The number of allylic oxidation sites excluding steroid dienone is 1. The maximum atomic E-state index is 12.2. The lowest BCUT2D eigenvalue weighted by atomic mass is 9.81. The van der Waals surface area contributed by atoms with Gasteiger partial charge in [-0.15, -0.1) is 11.3 Å². The summed E-state index contributed by atoms with van der Waals surface area (Å²) in [6.45, 7) is 3.85. The Hall–Kier alpha value is -1.71. The lowest BCUT2D eigenvalue weighted by Crippen LogP contribution is -2.40. The Bertz CT molecular complexity index is 599. The van der Waals surface area contributed by atoms with Gasteiger partial charge in [-0.3, -0.25) is 0 Å². The number of nitrogens with one attached hydrogen (secondary N) is 1. The number of rotatable bonds is 3. The molecule has 0 saturated carbocycles. The molecule has 0 bridgehead atoms. The van der Waals surface area contributed by atoms with Gasteiger partial charge in [0.25, 0.3) is 0 Å². The minimum atomic E-state index is -0.549. The zero-order valence-electron chi connectivity index (χ0n) is 11.2. The molecule has 0 spiro atoms. The number of esters is 1. The molecule has 1 N–H and O–H groups in total.